The topological polar surface area (TPSA) is 50.8 Å². The highest BCUT2D eigenvalue weighted by atomic mass is 19.1. The van der Waals surface area contributed by atoms with Gasteiger partial charge in [0.1, 0.15) is 24.4 Å². The summed E-state index contributed by atoms with van der Waals surface area (Å²) in [5.41, 5.74) is 3.38. The van der Waals surface area contributed by atoms with Crippen LogP contribution in [0.25, 0.3) is 0 Å². The van der Waals surface area contributed by atoms with Crippen molar-refractivity contribution in [3.8, 4) is 11.5 Å². The number of ether oxygens (including phenoxy) is 2. The van der Waals surface area contributed by atoms with Crippen LogP contribution < -0.4 is 19.7 Å². The first-order valence-electron chi connectivity index (χ1n) is 11.6. The standard InChI is InChI=1S/C29H24F2N2O3/c1-2-35-27-17-20(9-16-26(27)36-18-19-7-10-21(30)11-8-19)28-32-25-6-4-3-5-24(25)29(34)33(28)23-14-12-22(31)13-15-23/h3-17,28,32H,2,18H2,1H3/t28-/m0/s1. The zero-order valence-corrected chi connectivity index (χ0v) is 19.6. The molecule has 0 aromatic heterocycles. The first-order chi connectivity index (χ1) is 17.5. The minimum Gasteiger partial charge on any atom is -0.490 e. The summed E-state index contributed by atoms with van der Waals surface area (Å²) >= 11 is 0. The Morgan fingerprint density at radius 3 is 2.25 bits per heavy atom. The van der Waals surface area contributed by atoms with Gasteiger partial charge in [0.15, 0.2) is 11.5 Å². The molecule has 0 aliphatic carbocycles. The number of hydrogen-bond acceptors (Lipinski definition) is 4. The van der Waals surface area contributed by atoms with Gasteiger partial charge in [-0.2, -0.15) is 0 Å². The van der Waals surface area contributed by atoms with Crippen molar-refractivity contribution in [2.45, 2.75) is 19.7 Å². The molecule has 1 amide bonds. The maximum absolute atomic E-state index is 13.6. The van der Waals surface area contributed by atoms with E-state index >= 15 is 0 Å². The third kappa shape index (κ3) is 4.73. The van der Waals surface area contributed by atoms with E-state index in [1.54, 1.807) is 41.3 Å². The second-order valence-electron chi connectivity index (χ2n) is 8.30. The van der Waals surface area contributed by atoms with Crippen molar-refractivity contribution in [3.63, 3.8) is 0 Å². The summed E-state index contributed by atoms with van der Waals surface area (Å²) < 4.78 is 38.7. The molecule has 1 aliphatic rings. The molecule has 5 rings (SSSR count). The number of rotatable bonds is 7. The van der Waals surface area contributed by atoms with Gasteiger partial charge in [-0.1, -0.05) is 30.3 Å². The van der Waals surface area contributed by atoms with E-state index in [0.717, 1.165) is 11.1 Å². The van der Waals surface area contributed by atoms with Gasteiger partial charge in [-0.05, 0) is 78.7 Å². The Kier molecular flexibility index (Phi) is 6.54. The summed E-state index contributed by atoms with van der Waals surface area (Å²) in [5.74, 6) is 0.162. The molecule has 182 valence electrons. The van der Waals surface area contributed by atoms with Gasteiger partial charge in [-0.15, -0.1) is 0 Å². The molecular weight excluding hydrogens is 462 g/mol. The minimum absolute atomic E-state index is 0.199. The molecule has 1 aliphatic heterocycles. The number of carbonyl (C=O) groups is 1. The normalized spacial score (nSPS) is 14.7. The van der Waals surface area contributed by atoms with Crippen LogP contribution in [0, 0.1) is 11.6 Å². The number of amides is 1. The first-order valence-corrected chi connectivity index (χ1v) is 11.6. The molecule has 1 N–H and O–H groups in total. The average Bonchev–Trinajstić information content (AvgIpc) is 2.90. The molecule has 0 unspecified atom stereocenters. The van der Waals surface area contributed by atoms with E-state index in [-0.39, 0.29) is 24.1 Å². The Labute approximate surface area is 207 Å². The van der Waals surface area contributed by atoms with Crippen LogP contribution in [0.5, 0.6) is 11.5 Å². The molecule has 1 atom stereocenters. The van der Waals surface area contributed by atoms with Crippen LogP contribution in [0.2, 0.25) is 0 Å². The van der Waals surface area contributed by atoms with Crippen LogP contribution in [0.1, 0.15) is 34.6 Å². The largest absolute Gasteiger partial charge is 0.490 e. The van der Waals surface area contributed by atoms with Crippen LogP contribution in [-0.4, -0.2) is 12.5 Å². The zero-order chi connectivity index (χ0) is 25.1. The fourth-order valence-electron chi connectivity index (χ4n) is 4.18. The van der Waals surface area contributed by atoms with Crippen molar-refractivity contribution >= 4 is 17.3 Å². The van der Waals surface area contributed by atoms with Crippen molar-refractivity contribution in [2.24, 2.45) is 0 Å². The number of hydrogen-bond donors (Lipinski definition) is 1. The van der Waals surface area contributed by atoms with Crippen molar-refractivity contribution < 1.29 is 23.0 Å². The van der Waals surface area contributed by atoms with E-state index < -0.39 is 6.17 Å². The fraction of sp³-hybridized carbons (Fsp3) is 0.138. The Balaban J connectivity index is 1.50. The average molecular weight is 487 g/mol. The molecule has 0 spiro atoms. The smallest absolute Gasteiger partial charge is 0.262 e. The summed E-state index contributed by atoms with van der Waals surface area (Å²) in [6, 6.07) is 24.7. The number of para-hydroxylation sites is 1. The van der Waals surface area contributed by atoms with Crippen LogP contribution in [0.15, 0.2) is 91.0 Å². The maximum Gasteiger partial charge on any atom is 0.262 e. The van der Waals surface area contributed by atoms with Crippen LogP contribution in [-0.2, 0) is 6.61 Å². The van der Waals surface area contributed by atoms with E-state index in [4.69, 9.17) is 9.47 Å². The van der Waals surface area contributed by atoms with Gasteiger partial charge < -0.3 is 14.8 Å². The molecule has 7 heteroatoms. The van der Waals surface area contributed by atoms with Gasteiger partial charge >= 0.3 is 0 Å². The molecule has 1 heterocycles. The third-order valence-corrected chi connectivity index (χ3v) is 5.92. The van der Waals surface area contributed by atoms with Crippen LogP contribution >= 0.6 is 0 Å². The Morgan fingerprint density at radius 2 is 1.53 bits per heavy atom. The lowest BCUT2D eigenvalue weighted by atomic mass is 10.0. The third-order valence-electron chi connectivity index (χ3n) is 5.92. The number of fused-ring (bicyclic) bond motifs is 1. The summed E-state index contributed by atoms with van der Waals surface area (Å²) in [7, 11) is 0. The molecule has 4 aromatic carbocycles. The molecule has 4 aromatic rings. The molecule has 0 saturated carbocycles. The van der Waals surface area contributed by atoms with Crippen molar-refractivity contribution in [1.82, 2.24) is 0 Å². The predicted molar refractivity (Wildman–Crippen MR) is 134 cm³/mol. The van der Waals surface area contributed by atoms with Crippen molar-refractivity contribution in [1.29, 1.82) is 0 Å². The molecule has 0 saturated heterocycles. The van der Waals surface area contributed by atoms with Gasteiger partial charge in [-0.25, -0.2) is 8.78 Å². The lowest BCUT2D eigenvalue weighted by molar-refractivity contribution is 0.0974. The Morgan fingerprint density at radius 1 is 0.833 bits per heavy atom. The van der Waals surface area contributed by atoms with Gasteiger partial charge in [0.2, 0.25) is 0 Å². The van der Waals surface area contributed by atoms with Gasteiger partial charge in [0.25, 0.3) is 5.91 Å². The van der Waals surface area contributed by atoms with E-state index in [2.05, 4.69) is 5.32 Å². The monoisotopic (exact) mass is 486 g/mol. The van der Waals surface area contributed by atoms with E-state index in [9.17, 15) is 13.6 Å². The number of anilines is 2. The predicted octanol–water partition coefficient (Wildman–Crippen LogP) is 6.71. The van der Waals surface area contributed by atoms with E-state index in [1.165, 1.54) is 24.3 Å². The first kappa shape index (κ1) is 23.4. The van der Waals surface area contributed by atoms with Crippen LogP contribution in [0.3, 0.4) is 0 Å². The quantitative estimate of drug-likeness (QED) is 0.315. The highest BCUT2D eigenvalue weighted by Gasteiger charge is 2.34. The van der Waals surface area contributed by atoms with E-state index in [0.29, 0.717) is 35.0 Å². The summed E-state index contributed by atoms with van der Waals surface area (Å²) in [4.78, 5) is 15.2. The van der Waals surface area contributed by atoms with Gasteiger partial charge in [0, 0.05) is 11.4 Å². The maximum atomic E-state index is 13.6. The van der Waals surface area contributed by atoms with Crippen molar-refractivity contribution in [3.05, 3.63) is 119 Å². The van der Waals surface area contributed by atoms with Gasteiger partial charge in [0.05, 0.1) is 12.2 Å². The molecule has 0 radical (unpaired) electrons. The highest BCUT2D eigenvalue weighted by molar-refractivity contribution is 6.12. The zero-order valence-electron chi connectivity index (χ0n) is 19.6. The lowest BCUT2D eigenvalue weighted by Crippen LogP contribution is -2.43. The number of nitrogens with one attached hydrogen (secondary N) is 1. The SMILES string of the molecule is CCOc1cc([C@H]2Nc3ccccc3C(=O)N2c2ccc(F)cc2)ccc1OCc1ccc(F)cc1. The molecule has 0 bridgehead atoms. The Hall–Kier alpha value is -4.39. The number of nitrogens with zero attached hydrogens (tertiary/aromatic N) is 1. The molecule has 0 fully saturated rings. The van der Waals surface area contributed by atoms with Crippen LogP contribution in [0.4, 0.5) is 20.2 Å². The number of halogens is 2. The molecule has 5 nitrogen and oxygen atoms in total. The highest BCUT2D eigenvalue weighted by Crippen LogP contribution is 2.39. The second-order valence-corrected chi connectivity index (χ2v) is 8.30. The number of carbonyl (C=O) groups excluding carboxylic acids is 1. The minimum atomic E-state index is -0.566. The fourth-order valence-corrected chi connectivity index (χ4v) is 4.18. The number of benzene rings is 4. The summed E-state index contributed by atoms with van der Waals surface area (Å²) in [6.07, 6.45) is -0.566. The summed E-state index contributed by atoms with van der Waals surface area (Å²) in [5, 5.41) is 3.44. The van der Waals surface area contributed by atoms with Gasteiger partial charge in [-0.3, -0.25) is 9.69 Å². The Bertz CT molecular complexity index is 1370. The van der Waals surface area contributed by atoms with E-state index in [1.807, 2.05) is 37.3 Å². The molecular formula is C29H24F2N2O3. The van der Waals surface area contributed by atoms with Crippen molar-refractivity contribution in [2.75, 3.05) is 16.8 Å². The lowest BCUT2D eigenvalue weighted by Gasteiger charge is -2.38. The second kappa shape index (κ2) is 10.1. The molecule has 36 heavy (non-hydrogen) atoms. The summed E-state index contributed by atoms with van der Waals surface area (Å²) in [6.45, 7) is 2.53.